The molecule has 0 unspecified atom stereocenters. The maximum absolute atomic E-state index is 11.5. The molecular formula is C17H23NO3. The van der Waals surface area contributed by atoms with Gasteiger partial charge in [-0.3, -0.25) is 14.5 Å². The molecule has 1 aromatic rings. The average Bonchev–Trinajstić information content (AvgIpc) is 2.49. The number of nitrogens with zero attached hydrogens (tertiary/aromatic N) is 1. The van der Waals surface area contributed by atoms with Crippen LogP contribution in [0.25, 0.3) is 0 Å². The van der Waals surface area contributed by atoms with Crippen molar-refractivity contribution >= 4 is 11.8 Å². The summed E-state index contributed by atoms with van der Waals surface area (Å²) in [4.78, 5) is 25.1. The van der Waals surface area contributed by atoms with Crippen molar-refractivity contribution in [2.75, 3.05) is 14.2 Å². The molecule has 0 atom stereocenters. The van der Waals surface area contributed by atoms with Gasteiger partial charge in [-0.1, -0.05) is 24.3 Å². The fourth-order valence-corrected chi connectivity index (χ4v) is 2.87. The van der Waals surface area contributed by atoms with Crippen LogP contribution >= 0.6 is 0 Å². The summed E-state index contributed by atoms with van der Waals surface area (Å²) < 4.78 is 4.75. The van der Waals surface area contributed by atoms with Crippen LogP contribution in [-0.4, -0.2) is 36.9 Å². The number of benzene rings is 1. The normalized spacial score (nSPS) is 16.2. The first-order valence-corrected chi connectivity index (χ1v) is 7.45. The lowest BCUT2D eigenvalue weighted by Crippen LogP contribution is -2.35. The van der Waals surface area contributed by atoms with Crippen LogP contribution in [0.2, 0.25) is 0 Å². The van der Waals surface area contributed by atoms with E-state index in [0.717, 1.165) is 30.5 Å². The Bertz CT molecular complexity index is 503. The smallest absolute Gasteiger partial charge is 0.309 e. The molecule has 1 aliphatic carbocycles. The summed E-state index contributed by atoms with van der Waals surface area (Å²) in [5, 5.41) is 0. The van der Waals surface area contributed by atoms with E-state index in [9.17, 15) is 9.59 Å². The molecule has 1 saturated carbocycles. The molecule has 0 aromatic heterocycles. The highest BCUT2D eigenvalue weighted by atomic mass is 16.5. The predicted octanol–water partition coefficient (Wildman–Crippen LogP) is 2.35. The topological polar surface area (TPSA) is 46.6 Å². The van der Waals surface area contributed by atoms with E-state index in [1.807, 2.05) is 18.2 Å². The van der Waals surface area contributed by atoms with Crippen LogP contribution in [0.5, 0.6) is 0 Å². The number of ketones is 1. The zero-order valence-corrected chi connectivity index (χ0v) is 12.8. The molecule has 114 valence electrons. The number of carbonyl (C=O) groups excluding carboxylic acids is 2. The van der Waals surface area contributed by atoms with Gasteiger partial charge in [-0.2, -0.15) is 0 Å². The zero-order chi connectivity index (χ0) is 15.2. The van der Waals surface area contributed by atoms with Crippen molar-refractivity contribution < 1.29 is 14.3 Å². The van der Waals surface area contributed by atoms with Gasteiger partial charge >= 0.3 is 5.97 Å². The second-order valence-corrected chi connectivity index (χ2v) is 5.71. The highest BCUT2D eigenvalue weighted by Crippen LogP contribution is 2.22. The Morgan fingerprint density at radius 2 is 1.86 bits per heavy atom. The van der Waals surface area contributed by atoms with Crippen molar-refractivity contribution in [3.8, 4) is 0 Å². The molecule has 1 aromatic carbocycles. The Hall–Kier alpha value is -1.68. The Labute approximate surface area is 126 Å². The Kier molecular flexibility index (Phi) is 5.51. The fourth-order valence-electron chi connectivity index (χ4n) is 2.87. The van der Waals surface area contributed by atoms with Crippen molar-refractivity contribution in [2.24, 2.45) is 0 Å². The van der Waals surface area contributed by atoms with Crippen LogP contribution in [0.3, 0.4) is 0 Å². The number of Topliss-reactive ketones (excluding diaryl/α,β-unsaturated/α-hetero) is 1. The minimum atomic E-state index is -0.214. The predicted molar refractivity (Wildman–Crippen MR) is 80.9 cm³/mol. The molecule has 0 heterocycles. The number of ether oxygens (including phenoxy) is 1. The van der Waals surface area contributed by atoms with Gasteiger partial charge in [0.05, 0.1) is 13.5 Å². The summed E-state index contributed by atoms with van der Waals surface area (Å²) in [5.74, 6) is 0.166. The molecule has 0 amide bonds. The molecule has 2 rings (SSSR count). The minimum Gasteiger partial charge on any atom is -0.469 e. The van der Waals surface area contributed by atoms with Gasteiger partial charge in [0, 0.05) is 25.4 Å². The number of carbonyl (C=O) groups is 2. The van der Waals surface area contributed by atoms with Gasteiger partial charge in [-0.05, 0) is 31.0 Å². The van der Waals surface area contributed by atoms with Crippen LogP contribution < -0.4 is 0 Å². The molecule has 0 N–H and O–H groups in total. The molecule has 1 fully saturated rings. The van der Waals surface area contributed by atoms with Crippen LogP contribution in [0, 0.1) is 0 Å². The van der Waals surface area contributed by atoms with E-state index in [1.54, 1.807) is 0 Å². The van der Waals surface area contributed by atoms with E-state index in [2.05, 4.69) is 18.0 Å². The maximum Gasteiger partial charge on any atom is 0.309 e. The molecule has 4 nitrogen and oxygen atoms in total. The molecule has 4 heteroatoms. The number of hydrogen-bond acceptors (Lipinski definition) is 4. The average molecular weight is 289 g/mol. The summed E-state index contributed by atoms with van der Waals surface area (Å²) in [6, 6.07) is 8.43. The fraction of sp³-hybridized carbons (Fsp3) is 0.529. The molecular weight excluding hydrogens is 266 g/mol. The molecule has 1 aliphatic rings. The quantitative estimate of drug-likeness (QED) is 0.781. The second kappa shape index (κ2) is 7.36. The van der Waals surface area contributed by atoms with Crippen LogP contribution in [0.15, 0.2) is 24.3 Å². The summed E-state index contributed by atoms with van der Waals surface area (Å²) in [6.45, 7) is 0.798. The molecule has 0 radical (unpaired) electrons. The van der Waals surface area contributed by atoms with Gasteiger partial charge in [0.1, 0.15) is 5.78 Å². The van der Waals surface area contributed by atoms with E-state index in [1.165, 1.54) is 7.11 Å². The van der Waals surface area contributed by atoms with E-state index < -0.39 is 0 Å². The summed E-state index contributed by atoms with van der Waals surface area (Å²) in [6.07, 6.45) is 3.57. The molecule has 0 saturated heterocycles. The van der Waals surface area contributed by atoms with E-state index in [4.69, 9.17) is 4.74 Å². The van der Waals surface area contributed by atoms with Crippen molar-refractivity contribution in [3.05, 3.63) is 35.4 Å². The summed E-state index contributed by atoms with van der Waals surface area (Å²) in [5.41, 5.74) is 2.17. The zero-order valence-electron chi connectivity index (χ0n) is 12.8. The third-order valence-corrected chi connectivity index (χ3v) is 4.24. The van der Waals surface area contributed by atoms with Crippen LogP contribution in [-0.2, 0) is 27.3 Å². The molecule has 0 aliphatic heterocycles. The Morgan fingerprint density at radius 3 is 2.48 bits per heavy atom. The minimum absolute atomic E-state index is 0.214. The first kappa shape index (κ1) is 15.7. The standard InChI is InChI=1S/C17H23NO3/c1-18(15-7-9-16(19)10-8-15)12-14-6-4-3-5-13(14)11-17(20)21-2/h3-6,15H,7-12H2,1-2H3. The van der Waals surface area contributed by atoms with E-state index in [-0.39, 0.29) is 5.97 Å². The van der Waals surface area contributed by atoms with Crippen molar-refractivity contribution in [1.29, 1.82) is 0 Å². The van der Waals surface area contributed by atoms with E-state index in [0.29, 0.717) is 31.1 Å². The Balaban J connectivity index is 2.01. The third kappa shape index (κ3) is 4.39. The van der Waals surface area contributed by atoms with Crippen molar-refractivity contribution in [1.82, 2.24) is 4.90 Å². The monoisotopic (exact) mass is 289 g/mol. The highest BCUT2D eigenvalue weighted by molar-refractivity contribution is 5.79. The lowest BCUT2D eigenvalue weighted by atomic mass is 9.93. The van der Waals surface area contributed by atoms with Gasteiger partial charge in [0.2, 0.25) is 0 Å². The summed E-state index contributed by atoms with van der Waals surface area (Å²) >= 11 is 0. The van der Waals surface area contributed by atoms with Crippen LogP contribution in [0.4, 0.5) is 0 Å². The molecule has 0 spiro atoms. The highest BCUT2D eigenvalue weighted by Gasteiger charge is 2.22. The van der Waals surface area contributed by atoms with Gasteiger partial charge in [0.15, 0.2) is 0 Å². The molecule has 0 bridgehead atoms. The van der Waals surface area contributed by atoms with Gasteiger partial charge < -0.3 is 4.74 Å². The third-order valence-electron chi connectivity index (χ3n) is 4.24. The Morgan fingerprint density at radius 1 is 1.24 bits per heavy atom. The molecule has 21 heavy (non-hydrogen) atoms. The largest absolute Gasteiger partial charge is 0.469 e. The number of hydrogen-bond donors (Lipinski definition) is 0. The second-order valence-electron chi connectivity index (χ2n) is 5.71. The lowest BCUT2D eigenvalue weighted by Gasteiger charge is -2.31. The van der Waals surface area contributed by atoms with Crippen LogP contribution in [0.1, 0.15) is 36.8 Å². The first-order valence-electron chi connectivity index (χ1n) is 7.45. The van der Waals surface area contributed by atoms with Crippen molar-refractivity contribution in [2.45, 2.75) is 44.7 Å². The summed E-state index contributed by atoms with van der Waals surface area (Å²) in [7, 11) is 3.51. The number of esters is 1. The lowest BCUT2D eigenvalue weighted by molar-refractivity contribution is -0.139. The van der Waals surface area contributed by atoms with Gasteiger partial charge in [0.25, 0.3) is 0 Å². The number of rotatable bonds is 5. The van der Waals surface area contributed by atoms with Gasteiger partial charge in [-0.15, -0.1) is 0 Å². The van der Waals surface area contributed by atoms with E-state index >= 15 is 0 Å². The SMILES string of the molecule is COC(=O)Cc1ccccc1CN(C)C1CCC(=O)CC1. The van der Waals surface area contributed by atoms with Crippen molar-refractivity contribution in [3.63, 3.8) is 0 Å². The first-order chi connectivity index (χ1) is 10.1. The number of methoxy groups -OCH3 is 1. The van der Waals surface area contributed by atoms with Gasteiger partial charge in [-0.25, -0.2) is 0 Å². The maximum atomic E-state index is 11.5.